The SMILES string of the molecule is CCCNC(=O)[C@H]1[C@H](CO)[C@H]2Cn3c(ccc(-c4cncnc4)c3=O)[C@@H]1N2C(=O)Nc1ccccc1. The Morgan fingerprint density at radius 1 is 1.11 bits per heavy atom. The number of carbonyl (C=O) groups is 2. The number of nitrogens with one attached hydrogen (secondary N) is 2. The van der Waals surface area contributed by atoms with Crippen LogP contribution in [0.3, 0.4) is 0 Å². The van der Waals surface area contributed by atoms with Gasteiger partial charge in [-0.3, -0.25) is 9.59 Å². The summed E-state index contributed by atoms with van der Waals surface area (Å²) in [5, 5.41) is 16.2. The molecular formula is C26H28N6O4. The van der Waals surface area contributed by atoms with Crippen molar-refractivity contribution in [3.63, 3.8) is 0 Å². The molecule has 186 valence electrons. The summed E-state index contributed by atoms with van der Waals surface area (Å²) in [4.78, 5) is 50.1. The van der Waals surface area contributed by atoms with Crippen molar-refractivity contribution in [1.82, 2.24) is 24.8 Å². The lowest BCUT2D eigenvalue weighted by Crippen LogP contribution is -2.50. The van der Waals surface area contributed by atoms with Crippen LogP contribution in [0.2, 0.25) is 0 Å². The lowest BCUT2D eigenvalue weighted by molar-refractivity contribution is -0.127. The van der Waals surface area contributed by atoms with Crippen molar-refractivity contribution in [3.05, 3.63) is 77.2 Å². The van der Waals surface area contributed by atoms with Crippen LogP contribution in [-0.4, -0.2) is 55.7 Å². The second kappa shape index (κ2) is 9.90. The fourth-order valence-electron chi connectivity index (χ4n) is 5.42. The van der Waals surface area contributed by atoms with Crippen molar-refractivity contribution < 1.29 is 14.7 Å². The van der Waals surface area contributed by atoms with E-state index in [9.17, 15) is 19.5 Å². The van der Waals surface area contributed by atoms with E-state index in [-0.39, 0.29) is 30.6 Å². The molecule has 4 atom stereocenters. The number of urea groups is 1. The van der Waals surface area contributed by atoms with Crippen molar-refractivity contribution in [2.45, 2.75) is 32.0 Å². The highest BCUT2D eigenvalue weighted by Crippen LogP contribution is 2.48. The summed E-state index contributed by atoms with van der Waals surface area (Å²) in [6.45, 7) is 2.32. The molecule has 5 rings (SSSR count). The van der Waals surface area contributed by atoms with Gasteiger partial charge in [0.25, 0.3) is 5.56 Å². The smallest absolute Gasteiger partial charge is 0.322 e. The van der Waals surface area contributed by atoms with Gasteiger partial charge >= 0.3 is 6.03 Å². The first-order valence-corrected chi connectivity index (χ1v) is 12.1. The maximum absolute atomic E-state index is 13.6. The van der Waals surface area contributed by atoms with E-state index in [0.717, 1.165) is 6.42 Å². The van der Waals surface area contributed by atoms with Crippen LogP contribution < -0.4 is 16.2 Å². The van der Waals surface area contributed by atoms with Gasteiger partial charge in [0.1, 0.15) is 6.33 Å². The monoisotopic (exact) mass is 488 g/mol. The number of amides is 3. The van der Waals surface area contributed by atoms with E-state index in [0.29, 0.717) is 29.1 Å². The third-order valence-electron chi connectivity index (χ3n) is 7.03. The molecule has 0 radical (unpaired) electrons. The minimum Gasteiger partial charge on any atom is -0.396 e. The first-order valence-electron chi connectivity index (χ1n) is 12.1. The first kappa shape index (κ1) is 23.7. The van der Waals surface area contributed by atoms with E-state index in [4.69, 9.17) is 0 Å². The van der Waals surface area contributed by atoms with Crippen LogP contribution in [0, 0.1) is 11.8 Å². The fraction of sp³-hybridized carbons (Fsp3) is 0.346. The van der Waals surface area contributed by atoms with Gasteiger partial charge in [-0.15, -0.1) is 0 Å². The molecule has 1 aromatic carbocycles. The molecule has 10 heteroatoms. The van der Waals surface area contributed by atoms with Gasteiger partial charge in [-0.1, -0.05) is 25.1 Å². The van der Waals surface area contributed by atoms with Crippen LogP contribution >= 0.6 is 0 Å². The highest BCUT2D eigenvalue weighted by Gasteiger charge is 2.57. The third-order valence-corrected chi connectivity index (χ3v) is 7.03. The second-order valence-corrected chi connectivity index (χ2v) is 9.09. The quantitative estimate of drug-likeness (QED) is 0.487. The maximum atomic E-state index is 13.6. The number of nitrogens with zero attached hydrogens (tertiary/aromatic N) is 4. The van der Waals surface area contributed by atoms with Crippen molar-refractivity contribution >= 4 is 17.6 Å². The predicted octanol–water partition coefficient (Wildman–Crippen LogP) is 2.03. The van der Waals surface area contributed by atoms with E-state index < -0.39 is 23.9 Å². The number of hydrogen-bond acceptors (Lipinski definition) is 6. The molecule has 1 fully saturated rings. The molecule has 2 aliphatic heterocycles. The predicted molar refractivity (Wildman–Crippen MR) is 133 cm³/mol. The van der Waals surface area contributed by atoms with E-state index in [2.05, 4.69) is 20.6 Å². The lowest BCUT2D eigenvalue weighted by Gasteiger charge is -2.38. The Bertz CT molecular complexity index is 1310. The average molecular weight is 489 g/mol. The Labute approximate surface area is 208 Å². The number of fused-ring (bicyclic) bond motifs is 4. The number of anilines is 1. The number of carbonyl (C=O) groups excluding carboxylic acids is 2. The van der Waals surface area contributed by atoms with Crippen molar-refractivity contribution in [3.8, 4) is 11.1 Å². The third kappa shape index (κ3) is 4.03. The van der Waals surface area contributed by atoms with Gasteiger partial charge in [-0.2, -0.15) is 0 Å². The van der Waals surface area contributed by atoms with Crippen LogP contribution in [0.1, 0.15) is 25.1 Å². The lowest BCUT2D eigenvalue weighted by atomic mass is 9.86. The summed E-state index contributed by atoms with van der Waals surface area (Å²) in [6.07, 6.45) is 5.30. The number of rotatable bonds is 6. The molecule has 3 N–H and O–H groups in total. The Kier molecular flexibility index (Phi) is 6.51. The van der Waals surface area contributed by atoms with Gasteiger partial charge in [0.05, 0.1) is 23.6 Å². The van der Waals surface area contributed by atoms with E-state index in [1.807, 2.05) is 25.1 Å². The van der Waals surface area contributed by atoms with Crippen LogP contribution in [0.15, 0.2) is 66.0 Å². The standard InChI is InChI=1S/C26H28N6O4/c1-2-10-29-24(34)22-19(14-33)21-13-31-20(9-8-18(25(31)35)16-11-27-15-28-12-16)23(22)32(21)26(36)30-17-6-4-3-5-7-17/h3-9,11-12,15,19,21-23,33H,2,10,13-14H2,1H3,(H,29,34)(H,30,36)/t19-,21-,22+,23+/m1/s1. The number of aliphatic hydroxyl groups is 1. The zero-order valence-electron chi connectivity index (χ0n) is 19.9. The first-order chi connectivity index (χ1) is 17.5. The number of aliphatic hydroxyl groups excluding tert-OH is 1. The molecule has 3 amide bonds. The Morgan fingerprint density at radius 3 is 2.56 bits per heavy atom. The fourth-order valence-corrected chi connectivity index (χ4v) is 5.42. The zero-order chi connectivity index (χ0) is 25.2. The molecule has 3 aromatic rings. The molecule has 2 aromatic heterocycles. The van der Waals surface area contributed by atoms with Gasteiger partial charge in [0, 0.05) is 55.0 Å². The Balaban J connectivity index is 1.60. The molecule has 2 aliphatic rings. The number of benzene rings is 1. The Hall–Kier alpha value is -4.05. The number of hydrogen-bond donors (Lipinski definition) is 3. The van der Waals surface area contributed by atoms with Crippen LogP contribution in [0.5, 0.6) is 0 Å². The second-order valence-electron chi connectivity index (χ2n) is 9.09. The topological polar surface area (TPSA) is 129 Å². The van der Waals surface area contributed by atoms with E-state index in [1.54, 1.807) is 46.1 Å². The molecule has 4 heterocycles. The summed E-state index contributed by atoms with van der Waals surface area (Å²) < 4.78 is 1.62. The van der Waals surface area contributed by atoms with Crippen LogP contribution in [0.4, 0.5) is 10.5 Å². The highest BCUT2D eigenvalue weighted by molar-refractivity contribution is 5.91. The summed E-state index contributed by atoms with van der Waals surface area (Å²) >= 11 is 0. The van der Waals surface area contributed by atoms with Crippen molar-refractivity contribution in [1.29, 1.82) is 0 Å². The van der Waals surface area contributed by atoms with Crippen molar-refractivity contribution in [2.24, 2.45) is 11.8 Å². The summed E-state index contributed by atoms with van der Waals surface area (Å²) in [5.41, 5.74) is 1.97. The molecule has 36 heavy (non-hydrogen) atoms. The number of para-hydroxylation sites is 1. The molecule has 2 bridgehead atoms. The Morgan fingerprint density at radius 2 is 1.86 bits per heavy atom. The molecule has 0 spiro atoms. The zero-order valence-corrected chi connectivity index (χ0v) is 19.9. The number of pyridine rings is 1. The van der Waals surface area contributed by atoms with E-state index in [1.165, 1.54) is 6.33 Å². The summed E-state index contributed by atoms with van der Waals surface area (Å²) in [6, 6.07) is 10.9. The highest BCUT2D eigenvalue weighted by atomic mass is 16.3. The molecule has 0 saturated carbocycles. The average Bonchev–Trinajstić information content (AvgIpc) is 3.15. The molecule has 0 unspecified atom stereocenters. The van der Waals surface area contributed by atoms with Gasteiger partial charge in [0.2, 0.25) is 5.91 Å². The van der Waals surface area contributed by atoms with Crippen molar-refractivity contribution in [2.75, 3.05) is 18.5 Å². The molecular weight excluding hydrogens is 460 g/mol. The number of aromatic nitrogens is 3. The molecule has 1 saturated heterocycles. The van der Waals surface area contributed by atoms with Gasteiger partial charge in [-0.05, 0) is 30.7 Å². The summed E-state index contributed by atoms with van der Waals surface area (Å²) in [7, 11) is 0. The largest absolute Gasteiger partial charge is 0.396 e. The van der Waals surface area contributed by atoms with E-state index >= 15 is 0 Å². The van der Waals surface area contributed by atoms with Crippen LogP contribution in [0.25, 0.3) is 11.1 Å². The van der Waals surface area contributed by atoms with Gasteiger partial charge in [0.15, 0.2) is 0 Å². The van der Waals surface area contributed by atoms with Gasteiger partial charge in [-0.25, -0.2) is 14.8 Å². The minimum absolute atomic E-state index is 0.164. The molecule has 0 aliphatic carbocycles. The molecule has 10 nitrogen and oxygen atoms in total. The minimum atomic E-state index is -0.713. The summed E-state index contributed by atoms with van der Waals surface area (Å²) in [5.74, 6) is -1.47. The normalized spacial score (nSPS) is 22.1. The van der Waals surface area contributed by atoms with Gasteiger partial charge < -0.3 is 25.2 Å². The van der Waals surface area contributed by atoms with Crippen LogP contribution in [-0.2, 0) is 11.3 Å². The maximum Gasteiger partial charge on any atom is 0.322 e.